The van der Waals surface area contributed by atoms with Gasteiger partial charge in [0.05, 0.1) is 0 Å². The van der Waals surface area contributed by atoms with E-state index in [1.54, 1.807) is 12.4 Å². The third kappa shape index (κ3) is 2.13. The summed E-state index contributed by atoms with van der Waals surface area (Å²) in [6.07, 6.45) is 4.54. The fourth-order valence-corrected chi connectivity index (χ4v) is 1.76. The highest BCUT2D eigenvalue weighted by molar-refractivity contribution is 5.29. The number of aryl methyl sites for hydroxylation is 1. The topological polar surface area (TPSA) is 66.7 Å². The largest absolute Gasteiger partial charge is 0.347 e. The molecular weight excluding hydrogens is 200 g/mol. The molecule has 0 saturated carbocycles. The van der Waals surface area contributed by atoms with E-state index >= 15 is 0 Å². The predicted octanol–water partition coefficient (Wildman–Crippen LogP) is 1.52. The summed E-state index contributed by atoms with van der Waals surface area (Å²) in [6, 6.07) is 8.27. The van der Waals surface area contributed by atoms with Crippen molar-refractivity contribution in [2.75, 3.05) is 0 Å². The van der Waals surface area contributed by atoms with Crippen molar-refractivity contribution in [3.8, 4) is 0 Å². The van der Waals surface area contributed by atoms with Crippen LogP contribution in [-0.4, -0.2) is 9.97 Å². The molecule has 2 aromatic rings. The number of hydrogen-bond donors (Lipinski definition) is 3. The second-order valence-electron chi connectivity index (χ2n) is 3.67. The molecule has 0 fully saturated rings. The van der Waals surface area contributed by atoms with Crippen LogP contribution in [0.1, 0.15) is 29.9 Å². The summed E-state index contributed by atoms with van der Waals surface area (Å²) in [5.74, 6) is 6.41. The number of imidazole rings is 1. The summed E-state index contributed by atoms with van der Waals surface area (Å²) in [4.78, 5) is 7.29. The van der Waals surface area contributed by atoms with Gasteiger partial charge in [0.2, 0.25) is 0 Å². The molecule has 0 amide bonds. The lowest BCUT2D eigenvalue weighted by molar-refractivity contribution is 0.607. The summed E-state index contributed by atoms with van der Waals surface area (Å²) >= 11 is 0. The number of benzene rings is 1. The highest BCUT2D eigenvalue weighted by atomic mass is 15.2. The number of aromatic nitrogens is 2. The molecule has 84 valence electrons. The molecule has 0 aliphatic heterocycles. The van der Waals surface area contributed by atoms with Crippen LogP contribution in [-0.2, 0) is 6.42 Å². The molecule has 0 aliphatic carbocycles. The molecule has 0 radical (unpaired) electrons. The molecule has 2 rings (SSSR count). The number of rotatable bonds is 4. The molecule has 1 aromatic carbocycles. The second kappa shape index (κ2) is 4.92. The van der Waals surface area contributed by atoms with Gasteiger partial charge in [-0.25, -0.2) is 10.4 Å². The van der Waals surface area contributed by atoms with Crippen LogP contribution in [0, 0.1) is 0 Å². The maximum Gasteiger partial charge on any atom is 0.129 e. The summed E-state index contributed by atoms with van der Waals surface area (Å²) in [7, 11) is 0. The average molecular weight is 216 g/mol. The molecule has 4 N–H and O–H groups in total. The van der Waals surface area contributed by atoms with Crippen LogP contribution < -0.4 is 11.3 Å². The van der Waals surface area contributed by atoms with E-state index in [2.05, 4.69) is 34.5 Å². The first kappa shape index (κ1) is 10.9. The molecule has 1 heterocycles. The van der Waals surface area contributed by atoms with Gasteiger partial charge in [-0.2, -0.15) is 0 Å². The monoisotopic (exact) mass is 216 g/mol. The van der Waals surface area contributed by atoms with E-state index in [1.807, 2.05) is 12.1 Å². The maximum atomic E-state index is 5.58. The lowest BCUT2D eigenvalue weighted by atomic mass is 10.0. The third-order valence-corrected chi connectivity index (χ3v) is 2.65. The van der Waals surface area contributed by atoms with Crippen LogP contribution in [0.3, 0.4) is 0 Å². The van der Waals surface area contributed by atoms with Crippen molar-refractivity contribution < 1.29 is 0 Å². The zero-order chi connectivity index (χ0) is 11.4. The fourth-order valence-electron chi connectivity index (χ4n) is 1.76. The first-order valence-corrected chi connectivity index (χ1v) is 5.39. The van der Waals surface area contributed by atoms with Gasteiger partial charge >= 0.3 is 0 Å². The molecule has 0 saturated heterocycles. The first-order chi connectivity index (χ1) is 7.85. The van der Waals surface area contributed by atoms with Gasteiger partial charge in [-0.3, -0.25) is 5.84 Å². The van der Waals surface area contributed by atoms with Crippen LogP contribution >= 0.6 is 0 Å². The highest BCUT2D eigenvalue weighted by Gasteiger charge is 2.14. The number of H-pyrrole nitrogens is 1. The molecule has 4 nitrogen and oxygen atoms in total. The van der Waals surface area contributed by atoms with Gasteiger partial charge in [0.25, 0.3) is 0 Å². The zero-order valence-electron chi connectivity index (χ0n) is 9.27. The molecule has 0 bridgehead atoms. The number of hydrogen-bond acceptors (Lipinski definition) is 3. The molecule has 1 atom stereocenters. The maximum absolute atomic E-state index is 5.58. The van der Waals surface area contributed by atoms with E-state index < -0.39 is 0 Å². The van der Waals surface area contributed by atoms with Crippen LogP contribution in [0.2, 0.25) is 0 Å². The number of aromatic amines is 1. The summed E-state index contributed by atoms with van der Waals surface area (Å²) in [6.45, 7) is 2.14. The SMILES string of the molecule is CCc1cccc(C(NN)c2ncc[nH]2)c1. The smallest absolute Gasteiger partial charge is 0.129 e. The van der Waals surface area contributed by atoms with Crippen molar-refractivity contribution in [2.24, 2.45) is 5.84 Å². The van der Waals surface area contributed by atoms with E-state index in [1.165, 1.54) is 5.56 Å². The van der Waals surface area contributed by atoms with Gasteiger partial charge in [-0.1, -0.05) is 31.2 Å². The Labute approximate surface area is 94.9 Å². The highest BCUT2D eigenvalue weighted by Crippen LogP contribution is 2.19. The van der Waals surface area contributed by atoms with Crippen LogP contribution in [0.25, 0.3) is 0 Å². The Balaban J connectivity index is 2.33. The van der Waals surface area contributed by atoms with Gasteiger partial charge in [0.15, 0.2) is 0 Å². The van der Waals surface area contributed by atoms with Gasteiger partial charge in [-0.15, -0.1) is 0 Å². The number of nitrogens with two attached hydrogens (primary N) is 1. The quantitative estimate of drug-likeness (QED) is 0.536. The van der Waals surface area contributed by atoms with E-state index in [0.717, 1.165) is 17.8 Å². The standard InChI is InChI=1S/C12H16N4/c1-2-9-4-3-5-10(8-9)11(16-13)12-14-6-7-15-12/h3-8,11,16H,2,13H2,1H3,(H,14,15). The Kier molecular flexibility index (Phi) is 3.34. The van der Waals surface area contributed by atoms with Gasteiger partial charge in [0.1, 0.15) is 11.9 Å². The minimum absolute atomic E-state index is 0.0819. The Hall–Kier alpha value is -1.65. The Morgan fingerprint density at radius 2 is 2.38 bits per heavy atom. The second-order valence-corrected chi connectivity index (χ2v) is 3.67. The Morgan fingerprint density at radius 3 is 3.00 bits per heavy atom. The fraction of sp³-hybridized carbons (Fsp3) is 0.250. The van der Waals surface area contributed by atoms with Crippen molar-refractivity contribution in [1.82, 2.24) is 15.4 Å². The van der Waals surface area contributed by atoms with Crippen LogP contribution in [0.5, 0.6) is 0 Å². The zero-order valence-corrected chi connectivity index (χ0v) is 9.27. The molecular formula is C12H16N4. The van der Waals surface area contributed by atoms with Crippen LogP contribution in [0.4, 0.5) is 0 Å². The van der Waals surface area contributed by atoms with Crippen molar-refractivity contribution in [3.05, 3.63) is 53.6 Å². The van der Waals surface area contributed by atoms with Crippen molar-refractivity contribution in [2.45, 2.75) is 19.4 Å². The molecule has 4 heteroatoms. The first-order valence-electron chi connectivity index (χ1n) is 5.39. The number of nitrogens with one attached hydrogen (secondary N) is 2. The predicted molar refractivity (Wildman–Crippen MR) is 63.6 cm³/mol. The Morgan fingerprint density at radius 1 is 1.50 bits per heavy atom. The van der Waals surface area contributed by atoms with E-state index in [0.29, 0.717) is 0 Å². The van der Waals surface area contributed by atoms with E-state index in [4.69, 9.17) is 5.84 Å². The van der Waals surface area contributed by atoms with Gasteiger partial charge in [-0.05, 0) is 17.5 Å². The van der Waals surface area contributed by atoms with Crippen molar-refractivity contribution in [1.29, 1.82) is 0 Å². The lowest BCUT2D eigenvalue weighted by Gasteiger charge is -2.14. The summed E-state index contributed by atoms with van der Waals surface area (Å²) in [5.41, 5.74) is 5.20. The van der Waals surface area contributed by atoms with Crippen molar-refractivity contribution >= 4 is 0 Å². The van der Waals surface area contributed by atoms with Crippen molar-refractivity contribution in [3.63, 3.8) is 0 Å². The third-order valence-electron chi connectivity index (χ3n) is 2.65. The van der Waals surface area contributed by atoms with E-state index in [9.17, 15) is 0 Å². The molecule has 1 aromatic heterocycles. The van der Waals surface area contributed by atoms with E-state index in [-0.39, 0.29) is 6.04 Å². The molecule has 1 unspecified atom stereocenters. The summed E-state index contributed by atoms with van der Waals surface area (Å²) < 4.78 is 0. The minimum Gasteiger partial charge on any atom is -0.347 e. The normalized spacial score (nSPS) is 12.6. The summed E-state index contributed by atoms with van der Waals surface area (Å²) in [5, 5.41) is 0. The minimum atomic E-state index is -0.0819. The lowest BCUT2D eigenvalue weighted by Crippen LogP contribution is -2.29. The number of nitrogens with zero attached hydrogens (tertiary/aromatic N) is 1. The molecule has 0 spiro atoms. The Bertz CT molecular complexity index is 436. The molecule has 0 aliphatic rings. The molecule has 16 heavy (non-hydrogen) atoms. The van der Waals surface area contributed by atoms with Gasteiger partial charge in [0, 0.05) is 12.4 Å². The number of hydrazine groups is 1. The average Bonchev–Trinajstić information content (AvgIpc) is 2.84. The van der Waals surface area contributed by atoms with Gasteiger partial charge < -0.3 is 4.98 Å². The van der Waals surface area contributed by atoms with Crippen LogP contribution in [0.15, 0.2) is 36.7 Å².